The maximum atomic E-state index is 13.4. The van der Waals surface area contributed by atoms with Gasteiger partial charge < -0.3 is 24.3 Å². The van der Waals surface area contributed by atoms with Crippen molar-refractivity contribution >= 4 is 34.4 Å². The number of ketones is 1. The molecule has 0 aliphatic carbocycles. The quantitative estimate of drug-likeness (QED) is 0.217. The van der Waals surface area contributed by atoms with Crippen LogP contribution in [0.5, 0.6) is 17.2 Å². The summed E-state index contributed by atoms with van der Waals surface area (Å²) in [7, 11) is 3.11. The van der Waals surface area contributed by atoms with Crippen molar-refractivity contribution in [1.82, 2.24) is 9.97 Å². The lowest BCUT2D eigenvalue weighted by Gasteiger charge is -2.23. The Hall–Kier alpha value is -4.79. The third-order valence-electron chi connectivity index (χ3n) is 6.22. The average Bonchev–Trinajstić information content (AvgIpc) is 3.46. The van der Waals surface area contributed by atoms with E-state index in [-0.39, 0.29) is 17.3 Å². The van der Waals surface area contributed by atoms with E-state index in [2.05, 4.69) is 9.97 Å². The number of aromatic nitrogens is 2. The molecular formula is C28H25N3O6. The predicted octanol–water partition coefficient (Wildman–Crippen LogP) is 4.61. The normalized spacial score (nSPS) is 16.8. The van der Waals surface area contributed by atoms with E-state index in [1.54, 1.807) is 80.9 Å². The molecule has 1 atom stereocenters. The van der Waals surface area contributed by atoms with Gasteiger partial charge in [0.2, 0.25) is 5.95 Å². The molecule has 5 rings (SSSR count). The Morgan fingerprint density at radius 1 is 0.946 bits per heavy atom. The smallest absolute Gasteiger partial charge is 0.302 e. The molecule has 1 fully saturated rings. The molecule has 9 nitrogen and oxygen atoms in total. The van der Waals surface area contributed by atoms with Crippen LogP contribution < -0.4 is 19.1 Å². The molecule has 1 saturated heterocycles. The number of carbonyl (C=O) groups excluding carboxylic acids is 2. The monoisotopic (exact) mass is 499 g/mol. The molecule has 9 heteroatoms. The summed E-state index contributed by atoms with van der Waals surface area (Å²) in [5.41, 5.74) is 2.17. The van der Waals surface area contributed by atoms with Crippen LogP contribution in [0.4, 0.5) is 5.95 Å². The molecule has 2 heterocycles. The zero-order chi connectivity index (χ0) is 26.1. The van der Waals surface area contributed by atoms with Crippen LogP contribution in [0.25, 0.3) is 16.8 Å². The van der Waals surface area contributed by atoms with Gasteiger partial charge in [0.25, 0.3) is 5.78 Å². The standard InChI is InChI=1S/C28H25N3O6/c1-4-37-19-11-7-17(8-12-19)25(32)23-24(16-5-9-18(35-2)10-6-16)31(27(34)26(23)33)28-29-21-14-13-20(36-3)15-22(21)30-28/h5-15,24,32H,4H2,1-3H3,(H,29,30)/b25-23+. The van der Waals surface area contributed by atoms with E-state index in [1.807, 2.05) is 6.92 Å². The molecular weight excluding hydrogens is 474 g/mol. The van der Waals surface area contributed by atoms with E-state index >= 15 is 0 Å². The van der Waals surface area contributed by atoms with Crippen LogP contribution in [-0.2, 0) is 9.59 Å². The lowest BCUT2D eigenvalue weighted by molar-refractivity contribution is -0.132. The summed E-state index contributed by atoms with van der Waals surface area (Å²) in [6, 6.07) is 18.0. The van der Waals surface area contributed by atoms with E-state index in [9.17, 15) is 14.7 Å². The SMILES string of the molecule is CCOc1ccc(/C(O)=C2\C(=O)C(=O)N(c3nc4ccc(OC)cc4[nH]3)C2c2ccc(OC)cc2)cc1. The van der Waals surface area contributed by atoms with Gasteiger partial charge >= 0.3 is 5.91 Å². The Labute approximate surface area is 212 Å². The van der Waals surface area contributed by atoms with Crippen LogP contribution in [0.1, 0.15) is 24.1 Å². The van der Waals surface area contributed by atoms with Gasteiger partial charge in [-0.25, -0.2) is 4.98 Å². The molecule has 188 valence electrons. The average molecular weight is 500 g/mol. The van der Waals surface area contributed by atoms with Crippen LogP contribution in [0.3, 0.4) is 0 Å². The van der Waals surface area contributed by atoms with Crippen LogP contribution in [0.15, 0.2) is 72.3 Å². The first-order valence-electron chi connectivity index (χ1n) is 11.7. The second kappa shape index (κ2) is 9.69. The van der Waals surface area contributed by atoms with E-state index in [0.717, 1.165) is 0 Å². The number of aromatic amines is 1. The number of anilines is 1. The maximum Gasteiger partial charge on any atom is 0.302 e. The molecule has 1 amide bonds. The number of aliphatic hydroxyl groups excluding tert-OH is 1. The Morgan fingerprint density at radius 3 is 2.24 bits per heavy atom. The molecule has 1 aromatic heterocycles. The first kappa shape index (κ1) is 23.9. The van der Waals surface area contributed by atoms with Gasteiger partial charge in [0.05, 0.1) is 43.5 Å². The zero-order valence-electron chi connectivity index (χ0n) is 20.5. The molecule has 1 aliphatic heterocycles. The van der Waals surface area contributed by atoms with Crippen LogP contribution in [0, 0.1) is 0 Å². The Bertz CT molecular complexity index is 1510. The summed E-state index contributed by atoms with van der Waals surface area (Å²) >= 11 is 0. The highest BCUT2D eigenvalue weighted by Gasteiger charge is 2.48. The van der Waals surface area contributed by atoms with Gasteiger partial charge in [-0.3, -0.25) is 14.5 Å². The highest BCUT2D eigenvalue weighted by Crippen LogP contribution is 2.42. The minimum atomic E-state index is -0.931. The van der Waals surface area contributed by atoms with Crippen LogP contribution in [0.2, 0.25) is 0 Å². The molecule has 3 aromatic carbocycles. The highest BCUT2D eigenvalue weighted by atomic mass is 16.5. The number of amides is 1. The second-order valence-corrected chi connectivity index (χ2v) is 8.34. The van der Waals surface area contributed by atoms with Crippen molar-refractivity contribution in [2.24, 2.45) is 0 Å². The van der Waals surface area contributed by atoms with Crippen LogP contribution >= 0.6 is 0 Å². The van der Waals surface area contributed by atoms with Crippen molar-refractivity contribution in [3.05, 3.63) is 83.4 Å². The van der Waals surface area contributed by atoms with Gasteiger partial charge in [-0.05, 0) is 61.0 Å². The number of rotatable bonds is 7. The topological polar surface area (TPSA) is 114 Å². The lowest BCUT2D eigenvalue weighted by Crippen LogP contribution is -2.30. The largest absolute Gasteiger partial charge is 0.507 e. The molecule has 0 bridgehead atoms. The van der Waals surface area contributed by atoms with Gasteiger partial charge in [-0.15, -0.1) is 0 Å². The third kappa shape index (κ3) is 4.24. The van der Waals surface area contributed by atoms with Crippen molar-refractivity contribution in [3.63, 3.8) is 0 Å². The number of nitrogens with one attached hydrogen (secondary N) is 1. The number of nitrogens with zero attached hydrogens (tertiary/aromatic N) is 2. The Kier molecular flexibility index (Phi) is 6.27. The van der Waals surface area contributed by atoms with Gasteiger partial charge in [0.15, 0.2) is 0 Å². The number of carbonyl (C=O) groups is 2. The van der Waals surface area contributed by atoms with Crippen molar-refractivity contribution < 1.29 is 28.9 Å². The van der Waals surface area contributed by atoms with E-state index < -0.39 is 17.7 Å². The van der Waals surface area contributed by atoms with Crippen molar-refractivity contribution in [1.29, 1.82) is 0 Å². The molecule has 4 aromatic rings. The summed E-state index contributed by atoms with van der Waals surface area (Å²) in [5.74, 6) is 0.128. The van der Waals surface area contributed by atoms with Gasteiger partial charge in [0.1, 0.15) is 23.0 Å². The summed E-state index contributed by atoms with van der Waals surface area (Å²) < 4.78 is 16.0. The molecule has 1 aliphatic rings. The van der Waals surface area contributed by atoms with Gasteiger partial charge in [-0.1, -0.05) is 12.1 Å². The van der Waals surface area contributed by atoms with E-state index in [4.69, 9.17) is 14.2 Å². The molecule has 1 unspecified atom stereocenters. The number of aliphatic hydroxyl groups is 1. The maximum absolute atomic E-state index is 13.4. The molecule has 0 spiro atoms. The number of hydrogen-bond acceptors (Lipinski definition) is 7. The minimum absolute atomic E-state index is 0.0441. The van der Waals surface area contributed by atoms with Crippen LogP contribution in [-0.4, -0.2) is 47.6 Å². The molecule has 37 heavy (non-hydrogen) atoms. The number of methoxy groups -OCH3 is 2. The summed E-state index contributed by atoms with van der Waals surface area (Å²) in [4.78, 5) is 35.7. The third-order valence-corrected chi connectivity index (χ3v) is 6.22. The molecule has 2 N–H and O–H groups in total. The fraction of sp³-hybridized carbons (Fsp3) is 0.179. The summed E-state index contributed by atoms with van der Waals surface area (Å²) in [6.07, 6.45) is 0. The predicted molar refractivity (Wildman–Crippen MR) is 138 cm³/mol. The number of benzene rings is 3. The van der Waals surface area contributed by atoms with Gasteiger partial charge in [0, 0.05) is 11.6 Å². The van der Waals surface area contributed by atoms with Crippen molar-refractivity contribution in [2.75, 3.05) is 25.7 Å². The number of H-pyrrole nitrogens is 1. The number of ether oxygens (including phenoxy) is 3. The summed E-state index contributed by atoms with van der Waals surface area (Å²) in [5, 5.41) is 11.3. The Morgan fingerprint density at radius 2 is 1.59 bits per heavy atom. The van der Waals surface area contributed by atoms with Crippen molar-refractivity contribution in [2.45, 2.75) is 13.0 Å². The molecule has 0 saturated carbocycles. The number of hydrogen-bond donors (Lipinski definition) is 2. The lowest BCUT2D eigenvalue weighted by atomic mass is 9.95. The zero-order valence-corrected chi connectivity index (χ0v) is 20.5. The fourth-order valence-electron chi connectivity index (χ4n) is 4.40. The van der Waals surface area contributed by atoms with Gasteiger partial charge in [-0.2, -0.15) is 0 Å². The second-order valence-electron chi connectivity index (χ2n) is 8.34. The minimum Gasteiger partial charge on any atom is -0.507 e. The fourth-order valence-corrected chi connectivity index (χ4v) is 4.40. The Balaban J connectivity index is 1.67. The number of imidazole rings is 1. The van der Waals surface area contributed by atoms with E-state index in [1.165, 1.54) is 4.90 Å². The first-order chi connectivity index (χ1) is 17.9. The molecule has 0 radical (unpaired) electrons. The highest BCUT2D eigenvalue weighted by molar-refractivity contribution is 6.51. The van der Waals surface area contributed by atoms with Crippen molar-refractivity contribution in [3.8, 4) is 17.2 Å². The summed E-state index contributed by atoms with van der Waals surface area (Å²) in [6.45, 7) is 2.37. The first-order valence-corrected chi connectivity index (χ1v) is 11.7. The number of fused-ring (bicyclic) bond motifs is 1. The van der Waals surface area contributed by atoms with E-state index in [0.29, 0.717) is 46.0 Å². The number of Topliss-reactive ketones (excluding diaryl/α,β-unsaturated/α-hetero) is 1.